The molecule has 1 amide bonds. The van der Waals surface area contributed by atoms with E-state index in [1.165, 1.54) is 0 Å². The van der Waals surface area contributed by atoms with E-state index in [0.29, 0.717) is 13.1 Å². The molecular weight excluding hydrogens is 190 g/mol. The lowest BCUT2D eigenvalue weighted by Gasteiger charge is -2.35. The Hall–Kier alpha value is -0.280. The van der Waals surface area contributed by atoms with Crippen LogP contribution in [0.1, 0.15) is 20.8 Å². The average molecular weight is 206 g/mol. The van der Waals surface area contributed by atoms with Gasteiger partial charge in [-0.3, -0.25) is 4.79 Å². The molecule has 0 saturated carbocycles. The van der Waals surface area contributed by atoms with Gasteiger partial charge >= 0.3 is 0 Å². The van der Waals surface area contributed by atoms with E-state index in [1.54, 1.807) is 11.8 Å². The molecule has 1 rings (SSSR count). The highest BCUT2D eigenvalue weighted by atomic mass is 35.5. The Bertz CT molecular complexity index is 186. The van der Waals surface area contributed by atoms with Crippen LogP contribution in [0.15, 0.2) is 0 Å². The van der Waals surface area contributed by atoms with Gasteiger partial charge in [-0.2, -0.15) is 0 Å². The van der Waals surface area contributed by atoms with Gasteiger partial charge in [0.15, 0.2) is 0 Å². The second kappa shape index (κ2) is 4.29. The Morgan fingerprint density at radius 2 is 1.92 bits per heavy atom. The SMILES string of the molecule is C[C@@H]1CN(C(=O)[C@H](C)Cl)C[C@H](C)O1. The van der Waals surface area contributed by atoms with Gasteiger partial charge in [0.2, 0.25) is 5.91 Å². The zero-order chi connectivity index (χ0) is 10.0. The number of rotatable bonds is 1. The van der Waals surface area contributed by atoms with Crippen molar-refractivity contribution in [3.8, 4) is 0 Å². The quantitative estimate of drug-likeness (QED) is 0.603. The molecule has 0 unspecified atom stereocenters. The van der Waals surface area contributed by atoms with Crippen molar-refractivity contribution in [1.82, 2.24) is 4.90 Å². The maximum Gasteiger partial charge on any atom is 0.240 e. The van der Waals surface area contributed by atoms with Crippen molar-refractivity contribution in [2.45, 2.75) is 38.4 Å². The number of alkyl halides is 1. The molecule has 0 aromatic carbocycles. The smallest absolute Gasteiger partial charge is 0.240 e. The van der Waals surface area contributed by atoms with Crippen LogP contribution in [0, 0.1) is 0 Å². The molecule has 0 aromatic heterocycles. The van der Waals surface area contributed by atoms with Gasteiger partial charge in [-0.05, 0) is 20.8 Å². The molecule has 1 fully saturated rings. The third-order valence-electron chi connectivity index (χ3n) is 2.07. The molecule has 0 bridgehead atoms. The number of ether oxygens (including phenoxy) is 1. The summed E-state index contributed by atoms with van der Waals surface area (Å²) in [4.78, 5) is 13.3. The Morgan fingerprint density at radius 3 is 2.31 bits per heavy atom. The van der Waals surface area contributed by atoms with Crippen LogP contribution in [-0.4, -0.2) is 41.5 Å². The first kappa shape index (κ1) is 10.8. The fourth-order valence-corrected chi connectivity index (χ4v) is 1.75. The predicted octanol–water partition coefficient (Wildman–Crippen LogP) is 1.25. The summed E-state index contributed by atoms with van der Waals surface area (Å²) in [6.45, 7) is 6.94. The van der Waals surface area contributed by atoms with E-state index >= 15 is 0 Å². The number of carbonyl (C=O) groups excluding carboxylic acids is 1. The first-order valence-electron chi connectivity index (χ1n) is 4.59. The van der Waals surface area contributed by atoms with Gasteiger partial charge in [0, 0.05) is 13.1 Å². The minimum absolute atomic E-state index is 0.00340. The van der Waals surface area contributed by atoms with Crippen molar-refractivity contribution in [2.75, 3.05) is 13.1 Å². The van der Waals surface area contributed by atoms with E-state index in [2.05, 4.69) is 0 Å². The number of hydrogen-bond donors (Lipinski definition) is 0. The molecule has 0 aromatic rings. The first-order valence-corrected chi connectivity index (χ1v) is 5.02. The van der Waals surface area contributed by atoms with Gasteiger partial charge in [0.1, 0.15) is 5.38 Å². The van der Waals surface area contributed by atoms with Crippen LogP contribution in [-0.2, 0) is 9.53 Å². The molecule has 0 N–H and O–H groups in total. The molecule has 1 aliphatic heterocycles. The summed E-state index contributed by atoms with van der Waals surface area (Å²) in [5.41, 5.74) is 0. The summed E-state index contributed by atoms with van der Waals surface area (Å²) in [6.07, 6.45) is 0.228. The average Bonchev–Trinajstić information content (AvgIpc) is 2.01. The molecule has 1 heterocycles. The van der Waals surface area contributed by atoms with Crippen LogP contribution in [0.2, 0.25) is 0 Å². The zero-order valence-corrected chi connectivity index (χ0v) is 9.04. The molecule has 4 heteroatoms. The summed E-state index contributed by atoms with van der Waals surface area (Å²) in [6, 6.07) is 0. The van der Waals surface area contributed by atoms with Gasteiger partial charge in [-0.1, -0.05) is 0 Å². The van der Waals surface area contributed by atoms with Crippen LogP contribution < -0.4 is 0 Å². The van der Waals surface area contributed by atoms with Gasteiger partial charge in [-0.25, -0.2) is 0 Å². The monoisotopic (exact) mass is 205 g/mol. The number of amides is 1. The summed E-state index contributed by atoms with van der Waals surface area (Å²) in [7, 11) is 0. The van der Waals surface area contributed by atoms with Gasteiger partial charge in [0.25, 0.3) is 0 Å². The second-order valence-corrected chi connectivity index (χ2v) is 4.27. The van der Waals surface area contributed by atoms with Crippen LogP contribution in [0.4, 0.5) is 0 Å². The van der Waals surface area contributed by atoms with Gasteiger partial charge in [0.05, 0.1) is 12.2 Å². The molecule has 1 aliphatic rings. The Kier molecular flexibility index (Phi) is 3.56. The molecule has 3 atom stereocenters. The molecular formula is C9H16ClNO2. The maximum atomic E-state index is 11.5. The Labute approximate surface area is 84.0 Å². The predicted molar refractivity (Wildman–Crippen MR) is 51.9 cm³/mol. The normalized spacial score (nSPS) is 31.5. The largest absolute Gasteiger partial charge is 0.372 e. The van der Waals surface area contributed by atoms with E-state index in [1.807, 2.05) is 13.8 Å². The van der Waals surface area contributed by atoms with Crippen molar-refractivity contribution < 1.29 is 9.53 Å². The lowest BCUT2D eigenvalue weighted by Crippen LogP contribution is -2.50. The van der Waals surface area contributed by atoms with E-state index in [0.717, 1.165) is 0 Å². The van der Waals surface area contributed by atoms with Crippen molar-refractivity contribution in [1.29, 1.82) is 0 Å². The van der Waals surface area contributed by atoms with E-state index in [-0.39, 0.29) is 18.1 Å². The lowest BCUT2D eigenvalue weighted by molar-refractivity contribution is -0.142. The zero-order valence-electron chi connectivity index (χ0n) is 8.29. The van der Waals surface area contributed by atoms with E-state index in [4.69, 9.17) is 16.3 Å². The van der Waals surface area contributed by atoms with Crippen molar-refractivity contribution in [3.05, 3.63) is 0 Å². The van der Waals surface area contributed by atoms with E-state index < -0.39 is 5.38 Å². The highest BCUT2D eigenvalue weighted by molar-refractivity contribution is 6.30. The van der Waals surface area contributed by atoms with Gasteiger partial charge in [-0.15, -0.1) is 11.6 Å². The summed E-state index contributed by atoms with van der Waals surface area (Å²) in [5, 5.41) is -0.433. The Balaban J connectivity index is 2.55. The summed E-state index contributed by atoms with van der Waals surface area (Å²) >= 11 is 5.72. The molecule has 1 saturated heterocycles. The fraction of sp³-hybridized carbons (Fsp3) is 0.889. The molecule has 0 radical (unpaired) electrons. The molecule has 0 spiro atoms. The third kappa shape index (κ3) is 2.85. The highest BCUT2D eigenvalue weighted by Gasteiger charge is 2.27. The minimum atomic E-state index is -0.433. The molecule has 0 aliphatic carbocycles. The highest BCUT2D eigenvalue weighted by Crippen LogP contribution is 2.13. The topological polar surface area (TPSA) is 29.5 Å². The number of nitrogens with zero attached hydrogens (tertiary/aromatic N) is 1. The first-order chi connectivity index (χ1) is 6.00. The van der Waals surface area contributed by atoms with E-state index in [9.17, 15) is 4.79 Å². The summed E-state index contributed by atoms with van der Waals surface area (Å²) < 4.78 is 5.51. The molecule has 13 heavy (non-hydrogen) atoms. The minimum Gasteiger partial charge on any atom is -0.372 e. The van der Waals surface area contributed by atoms with Crippen LogP contribution >= 0.6 is 11.6 Å². The number of hydrogen-bond acceptors (Lipinski definition) is 2. The number of carbonyl (C=O) groups is 1. The summed E-state index contributed by atoms with van der Waals surface area (Å²) in [5.74, 6) is 0.00340. The van der Waals surface area contributed by atoms with Gasteiger partial charge < -0.3 is 9.64 Å². The fourth-order valence-electron chi connectivity index (χ4n) is 1.61. The van der Waals surface area contributed by atoms with Crippen molar-refractivity contribution in [3.63, 3.8) is 0 Å². The van der Waals surface area contributed by atoms with Crippen molar-refractivity contribution >= 4 is 17.5 Å². The second-order valence-electron chi connectivity index (χ2n) is 3.62. The number of halogens is 1. The van der Waals surface area contributed by atoms with Crippen LogP contribution in [0.25, 0.3) is 0 Å². The van der Waals surface area contributed by atoms with Crippen molar-refractivity contribution in [2.24, 2.45) is 0 Å². The third-order valence-corrected chi connectivity index (χ3v) is 2.26. The number of morpholine rings is 1. The van der Waals surface area contributed by atoms with Crippen LogP contribution in [0.5, 0.6) is 0 Å². The Morgan fingerprint density at radius 1 is 1.46 bits per heavy atom. The molecule has 3 nitrogen and oxygen atoms in total. The molecule has 76 valence electrons. The lowest BCUT2D eigenvalue weighted by atomic mass is 10.2. The van der Waals surface area contributed by atoms with Crippen LogP contribution in [0.3, 0.4) is 0 Å². The maximum absolute atomic E-state index is 11.5. The standard InChI is InChI=1S/C9H16ClNO2/c1-6-4-11(5-7(2)13-6)9(12)8(3)10/h6-8H,4-5H2,1-3H3/t6-,7+,8-/m0/s1.